The predicted molar refractivity (Wildman–Crippen MR) is 94.8 cm³/mol. The lowest BCUT2D eigenvalue weighted by molar-refractivity contribution is -0.127. The molecule has 2 amide bonds. The molecule has 2 rings (SSSR count). The lowest BCUT2D eigenvalue weighted by Gasteiger charge is -2.17. The van der Waals surface area contributed by atoms with Crippen molar-refractivity contribution >= 4 is 11.8 Å². The van der Waals surface area contributed by atoms with Gasteiger partial charge in [-0.1, -0.05) is 30.3 Å². The van der Waals surface area contributed by atoms with Crippen molar-refractivity contribution < 1.29 is 19.1 Å². The molecule has 0 bridgehead atoms. The first-order chi connectivity index (χ1) is 12.0. The number of ether oxygens (including phenoxy) is 2. The fourth-order valence-electron chi connectivity index (χ4n) is 2.29. The minimum atomic E-state index is -0.777. The molecule has 0 aromatic heterocycles. The van der Waals surface area contributed by atoms with Crippen molar-refractivity contribution in [3.05, 3.63) is 59.7 Å². The fourth-order valence-corrected chi connectivity index (χ4v) is 2.29. The second kappa shape index (κ2) is 8.73. The molecule has 0 heterocycles. The molecule has 0 aliphatic carbocycles. The summed E-state index contributed by atoms with van der Waals surface area (Å²) in [7, 11) is 1.50. The maximum absolute atomic E-state index is 12.2. The summed E-state index contributed by atoms with van der Waals surface area (Å²) in [4.78, 5) is 23.7. The second-order valence-corrected chi connectivity index (χ2v) is 5.51. The van der Waals surface area contributed by atoms with Crippen LogP contribution in [0.5, 0.6) is 11.5 Å². The summed E-state index contributed by atoms with van der Waals surface area (Å²) < 4.78 is 10.7. The normalized spacial score (nSPS) is 11.4. The van der Waals surface area contributed by atoms with Crippen molar-refractivity contribution in [2.45, 2.75) is 19.4 Å². The Hall–Kier alpha value is -3.02. The highest BCUT2D eigenvalue weighted by molar-refractivity contribution is 5.96. The number of amides is 2. The Kier molecular flexibility index (Phi) is 6.39. The van der Waals surface area contributed by atoms with E-state index in [1.165, 1.54) is 19.2 Å². The van der Waals surface area contributed by atoms with Crippen molar-refractivity contribution in [2.75, 3.05) is 13.7 Å². The van der Waals surface area contributed by atoms with Gasteiger partial charge in [-0.3, -0.25) is 9.59 Å². The molecule has 6 heteroatoms. The van der Waals surface area contributed by atoms with Crippen LogP contribution in [0.4, 0.5) is 0 Å². The van der Waals surface area contributed by atoms with Crippen LogP contribution in [0.2, 0.25) is 0 Å². The number of carbonyl (C=O) groups is 2. The summed E-state index contributed by atoms with van der Waals surface area (Å²) in [5, 5.41) is 2.82. The summed E-state index contributed by atoms with van der Waals surface area (Å²) in [6.45, 7) is 2.11. The molecule has 0 aliphatic heterocycles. The average Bonchev–Trinajstić information content (AvgIpc) is 2.62. The third-order valence-electron chi connectivity index (χ3n) is 3.68. The smallest absolute Gasteiger partial charge is 0.260 e. The van der Waals surface area contributed by atoms with Crippen molar-refractivity contribution in [1.82, 2.24) is 5.32 Å². The van der Waals surface area contributed by atoms with Crippen molar-refractivity contribution in [3.63, 3.8) is 0 Å². The molecule has 0 fully saturated rings. The molecule has 6 nitrogen and oxygen atoms in total. The standard InChI is InChI=1S/C19H22N2O4/c1-13(19(23)21-11-10-14-6-4-3-5-7-14)25-17-12-15(24-2)8-9-16(17)18(20)22/h3-9,12-13H,10-11H2,1-2H3,(H2,20,22)(H,21,23). The van der Waals surface area contributed by atoms with E-state index in [2.05, 4.69) is 5.32 Å². The van der Waals surface area contributed by atoms with Crippen LogP contribution >= 0.6 is 0 Å². The molecule has 0 saturated carbocycles. The van der Waals surface area contributed by atoms with E-state index in [4.69, 9.17) is 15.2 Å². The van der Waals surface area contributed by atoms with E-state index in [-0.39, 0.29) is 17.2 Å². The van der Waals surface area contributed by atoms with Crippen LogP contribution in [0.15, 0.2) is 48.5 Å². The van der Waals surface area contributed by atoms with Gasteiger partial charge in [-0.2, -0.15) is 0 Å². The number of rotatable bonds is 8. The number of hydrogen-bond acceptors (Lipinski definition) is 4. The Morgan fingerprint density at radius 2 is 1.88 bits per heavy atom. The average molecular weight is 342 g/mol. The Morgan fingerprint density at radius 1 is 1.16 bits per heavy atom. The molecule has 0 spiro atoms. The highest BCUT2D eigenvalue weighted by Crippen LogP contribution is 2.25. The zero-order valence-electron chi connectivity index (χ0n) is 14.3. The number of methoxy groups -OCH3 is 1. The van der Waals surface area contributed by atoms with Crippen LogP contribution in [0.25, 0.3) is 0 Å². The quantitative estimate of drug-likeness (QED) is 0.767. The first-order valence-electron chi connectivity index (χ1n) is 7.97. The van der Waals surface area contributed by atoms with Gasteiger partial charge >= 0.3 is 0 Å². The van der Waals surface area contributed by atoms with Crippen LogP contribution in [-0.2, 0) is 11.2 Å². The largest absolute Gasteiger partial charge is 0.497 e. The van der Waals surface area contributed by atoms with Crippen LogP contribution in [0.1, 0.15) is 22.8 Å². The predicted octanol–water partition coefficient (Wildman–Crippen LogP) is 1.92. The number of nitrogens with two attached hydrogens (primary N) is 1. The van der Waals surface area contributed by atoms with Crippen LogP contribution in [0, 0.1) is 0 Å². The Morgan fingerprint density at radius 3 is 2.52 bits per heavy atom. The molecule has 3 N–H and O–H groups in total. The van der Waals surface area contributed by atoms with E-state index in [0.717, 1.165) is 12.0 Å². The summed E-state index contributed by atoms with van der Waals surface area (Å²) in [6.07, 6.45) is -0.0497. The Labute approximate surface area is 146 Å². The molecule has 1 atom stereocenters. The number of carbonyl (C=O) groups excluding carboxylic acids is 2. The minimum Gasteiger partial charge on any atom is -0.497 e. The van der Waals surface area contributed by atoms with E-state index < -0.39 is 12.0 Å². The van der Waals surface area contributed by atoms with E-state index in [9.17, 15) is 9.59 Å². The van der Waals surface area contributed by atoms with Gasteiger partial charge < -0.3 is 20.5 Å². The fraction of sp³-hybridized carbons (Fsp3) is 0.263. The Bertz CT molecular complexity index is 731. The second-order valence-electron chi connectivity index (χ2n) is 5.51. The monoisotopic (exact) mass is 342 g/mol. The molecule has 25 heavy (non-hydrogen) atoms. The number of primary amides is 1. The SMILES string of the molecule is COc1ccc(C(N)=O)c(OC(C)C(=O)NCCc2ccccc2)c1. The van der Waals surface area contributed by atoms with Gasteiger partial charge in [0.2, 0.25) is 0 Å². The van der Waals surface area contributed by atoms with Crippen LogP contribution in [0.3, 0.4) is 0 Å². The van der Waals surface area contributed by atoms with E-state index in [1.54, 1.807) is 13.0 Å². The lowest BCUT2D eigenvalue weighted by atomic mass is 10.1. The highest BCUT2D eigenvalue weighted by atomic mass is 16.5. The van der Waals surface area contributed by atoms with E-state index in [0.29, 0.717) is 12.3 Å². The number of benzene rings is 2. The summed E-state index contributed by atoms with van der Waals surface area (Å²) in [6, 6.07) is 14.5. The minimum absolute atomic E-state index is 0.199. The molecule has 2 aromatic rings. The number of nitrogens with one attached hydrogen (secondary N) is 1. The zero-order valence-corrected chi connectivity index (χ0v) is 14.3. The summed E-state index contributed by atoms with van der Waals surface area (Å²) in [5.41, 5.74) is 6.68. The van der Waals surface area contributed by atoms with Crippen molar-refractivity contribution in [2.24, 2.45) is 5.73 Å². The molecule has 0 saturated heterocycles. The lowest BCUT2D eigenvalue weighted by Crippen LogP contribution is -2.37. The van der Waals surface area contributed by atoms with Gasteiger partial charge in [-0.15, -0.1) is 0 Å². The van der Waals surface area contributed by atoms with Gasteiger partial charge in [-0.25, -0.2) is 0 Å². The van der Waals surface area contributed by atoms with Gasteiger partial charge in [0.15, 0.2) is 6.10 Å². The summed E-state index contributed by atoms with van der Waals surface area (Å²) in [5.74, 6) is -0.169. The first kappa shape index (κ1) is 18.3. The van der Waals surface area contributed by atoms with Gasteiger partial charge in [-0.05, 0) is 31.0 Å². The maximum atomic E-state index is 12.2. The molecular formula is C19H22N2O4. The van der Waals surface area contributed by atoms with Crippen molar-refractivity contribution in [1.29, 1.82) is 0 Å². The molecular weight excluding hydrogens is 320 g/mol. The zero-order chi connectivity index (χ0) is 18.2. The van der Waals surface area contributed by atoms with E-state index in [1.807, 2.05) is 30.3 Å². The van der Waals surface area contributed by atoms with Crippen LogP contribution in [-0.4, -0.2) is 31.6 Å². The highest BCUT2D eigenvalue weighted by Gasteiger charge is 2.18. The Balaban J connectivity index is 1.95. The van der Waals surface area contributed by atoms with Gasteiger partial charge in [0.05, 0.1) is 12.7 Å². The molecule has 0 radical (unpaired) electrons. The molecule has 0 aliphatic rings. The number of hydrogen-bond donors (Lipinski definition) is 2. The van der Waals surface area contributed by atoms with Crippen molar-refractivity contribution in [3.8, 4) is 11.5 Å². The van der Waals surface area contributed by atoms with Gasteiger partial charge in [0.25, 0.3) is 11.8 Å². The first-order valence-corrected chi connectivity index (χ1v) is 7.97. The molecule has 1 unspecified atom stereocenters. The maximum Gasteiger partial charge on any atom is 0.260 e. The van der Waals surface area contributed by atoms with E-state index >= 15 is 0 Å². The third-order valence-corrected chi connectivity index (χ3v) is 3.68. The molecule has 2 aromatic carbocycles. The van der Waals surface area contributed by atoms with Gasteiger partial charge in [0.1, 0.15) is 11.5 Å². The van der Waals surface area contributed by atoms with Gasteiger partial charge in [0, 0.05) is 12.6 Å². The summed E-state index contributed by atoms with van der Waals surface area (Å²) >= 11 is 0. The molecule has 132 valence electrons. The third kappa shape index (κ3) is 5.24. The van der Waals surface area contributed by atoms with Crippen LogP contribution < -0.4 is 20.5 Å². The topological polar surface area (TPSA) is 90.7 Å².